The molecule has 7 nitrogen and oxygen atoms in total. The molecular formula is C14H21N3O4S. The average Bonchev–Trinajstić information content (AvgIpc) is 2.86. The molecule has 0 bridgehead atoms. The maximum Gasteiger partial charge on any atom is 0.270 e. The van der Waals surface area contributed by atoms with Crippen LogP contribution in [0.2, 0.25) is 0 Å². The van der Waals surface area contributed by atoms with Crippen molar-refractivity contribution < 1.29 is 13.3 Å². The highest BCUT2D eigenvalue weighted by molar-refractivity contribution is 7.90. The third-order valence-electron chi connectivity index (χ3n) is 4.06. The third-order valence-corrected chi connectivity index (χ3v) is 5.20. The largest absolute Gasteiger partial charge is 0.380 e. The van der Waals surface area contributed by atoms with Gasteiger partial charge in [-0.15, -0.1) is 0 Å². The van der Waals surface area contributed by atoms with E-state index in [0.29, 0.717) is 11.7 Å². The third kappa shape index (κ3) is 3.56. The Bertz CT molecular complexity index is 673. The highest BCUT2D eigenvalue weighted by Gasteiger charge is 2.30. The van der Waals surface area contributed by atoms with E-state index in [1.54, 1.807) is 0 Å². The lowest BCUT2D eigenvalue weighted by molar-refractivity contribution is -0.385. The summed E-state index contributed by atoms with van der Waals surface area (Å²) in [5.41, 5.74) is 0.216. The fourth-order valence-electron chi connectivity index (χ4n) is 2.98. The minimum Gasteiger partial charge on any atom is -0.380 e. The molecule has 1 aliphatic carbocycles. The Kier molecular flexibility index (Phi) is 4.72. The second-order valence-corrected chi connectivity index (χ2v) is 7.91. The minimum absolute atomic E-state index is 0.0221. The molecule has 0 spiro atoms. The van der Waals surface area contributed by atoms with Crippen LogP contribution < -0.4 is 5.32 Å². The van der Waals surface area contributed by atoms with Crippen molar-refractivity contribution in [2.45, 2.75) is 36.2 Å². The number of benzene rings is 1. The van der Waals surface area contributed by atoms with E-state index in [2.05, 4.69) is 10.2 Å². The molecule has 8 heteroatoms. The van der Waals surface area contributed by atoms with Crippen LogP contribution in [0, 0.1) is 10.1 Å². The van der Waals surface area contributed by atoms with E-state index >= 15 is 0 Å². The number of nitro benzene ring substituents is 1. The van der Waals surface area contributed by atoms with Crippen LogP contribution in [0.25, 0.3) is 0 Å². The first-order valence-corrected chi connectivity index (χ1v) is 9.01. The highest BCUT2D eigenvalue weighted by Crippen LogP contribution is 2.31. The summed E-state index contributed by atoms with van der Waals surface area (Å²) in [6.45, 7) is 0. The van der Waals surface area contributed by atoms with Gasteiger partial charge in [0.1, 0.15) is 0 Å². The number of nitrogens with one attached hydrogen (secondary N) is 1. The predicted molar refractivity (Wildman–Crippen MR) is 84.9 cm³/mol. The SMILES string of the molecule is CN(C)[C@@H]1CCC[C@H]1Nc1ccc([N+](=O)[O-])cc1S(C)(=O)=O. The molecule has 1 N–H and O–H groups in total. The molecule has 2 rings (SSSR count). The van der Waals surface area contributed by atoms with Crippen LogP contribution in [0.15, 0.2) is 23.1 Å². The number of hydrogen-bond acceptors (Lipinski definition) is 6. The number of hydrogen-bond donors (Lipinski definition) is 1. The molecule has 2 atom stereocenters. The number of sulfone groups is 1. The Balaban J connectivity index is 2.36. The standard InChI is InChI=1S/C14H21N3O4S/c1-16(2)13-6-4-5-11(13)15-12-8-7-10(17(18)19)9-14(12)22(3,20)21/h7-9,11,13,15H,4-6H2,1-3H3/t11-,13-/m1/s1. The van der Waals surface area contributed by atoms with Gasteiger partial charge in [0.2, 0.25) is 0 Å². The summed E-state index contributed by atoms with van der Waals surface area (Å²) in [5, 5.41) is 14.1. The first kappa shape index (κ1) is 16.7. The molecule has 0 heterocycles. The molecule has 1 fully saturated rings. The predicted octanol–water partition coefficient (Wildman–Crippen LogP) is 1.89. The second-order valence-electron chi connectivity index (χ2n) is 5.92. The van der Waals surface area contributed by atoms with Crippen LogP contribution >= 0.6 is 0 Å². The molecule has 1 aliphatic rings. The van der Waals surface area contributed by atoms with Gasteiger partial charge < -0.3 is 10.2 Å². The Morgan fingerprint density at radius 3 is 2.55 bits per heavy atom. The lowest BCUT2D eigenvalue weighted by Crippen LogP contribution is -2.39. The smallest absolute Gasteiger partial charge is 0.270 e. The van der Waals surface area contributed by atoms with Crippen molar-refractivity contribution in [1.82, 2.24) is 4.90 Å². The molecular weight excluding hydrogens is 306 g/mol. The molecule has 122 valence electrons. The van der Waals surface area contributed by atoms with E-state index < -0.39 is 14.8 Å². The van der Waals surface area contributed by atoms with Gasteiger partial charge in [0.15, 0.2) is 9.84 Å². The van der Waals surface area contributed by atoms with Gasteiger partial charge >= 0.3 is 0 Å². The van der Waals surface area contributed by atoms with E-state index in [4.69, 9.17) is 0 Å². The molecule has 0 unspecified atom stereocenters. The molecule has 0 saturated heterocycles. The Morgan fingerprint density at radius 2 is 2.00 bits per heavy atom. The lowest BCUT2D eigenvalue weighted by atomic mass is 10.1. The topological polar surface area (TPSA) is 92.5 Å². The summed E-state index contributed by atoms with van der Waals surface area (Å²) in [5.74, 6) is 0. The average molecular weight is 327 g/mol. The van der Waals surface area contributed by atoms with E-state index in [1.165, 1.54) is 12.1 Å². The van der Waals surface area contributed by atoms with Crippen LogP contribution in [0.4, 0.5) is 11.4 Å². The molecule has 0 radical (unpaired) electrons. The number of anilines is 1. The van der Waals surface area contributed by atoms with Gasteiger partial charge in [-0.25, -0.2) is 8.42 Å². The Labute approximate surface area is 130 Å². The van der Waals surface area contributed by atoms with Crippen LogP contribution in [0.5, 0.6) is 0 Å². The Morgan fingerprint density at radius 1 is 1.32 bits per heavy atom. The molecule has 22 heavy (non-hydrogen) atoms. The van der Waals surface area contributed by atoms with Gasteiger partial charge in [0.25, 0.3) is 5.69 Å². The summed E-state index contributed by atoms with van der Waals surface area (Å²) < 4.78 is 23.9. The van der Waals surface area contributed by atoms with Crippen molar-refractivity contribution in [3.8, 4) is 0 Å². The number of nitrogens with zero attached hydrogens (tertiary/aromatic N) is 2. The summed E-state index contributed by atoms with van der Waals surface area (Å²) in [7, 11) is 0.447. The highest BCUT2D eigenvalue weighted by atomic mass is 32.2. The zero-order chi connectivity index (χ0) is 16.5. The molecule has 0 aromatic heterocycles. The van der Waals surface area contributed by atoms with Crippen molar-refractivity contribution in [3.05, 3.63) is 28.3 Å². The normalized spacial score (nSPS) is 22.0. The number of non-ortho nitro benzene ring substituents is 1. The van der Waals surface area contributed by atoms with Crippen LogP contribution in [0.1, 0.15) is 19.3 Å². The summed E-state index contributed by atoms with van der Waals surface area (Å²) in [6.07, 6.45) is 4.13. The zero-order valence-corrected chi connectivity index (χ0v) is 13.8. The fraction of sp³-hybridized carbons (Fsp3) is 0.571. The molecule has 1 aromatic rings. The molecule has 0 amide bonds. The summed E-state index contributed by atoms with van der Waals surface area (Å²) in [6, 6.07) is 4.40. The summed E-state index contributed by atoms with van der Waals surface area (Å²) in [4.78, 5) is 12.4. The van der Waals surface area contributed by atoms with E-state index in [0.717, 1.165) is 31.6 Å². The second kappa shape index (κ2) is 6.21. The maximum absolute atomic E-state index is 11.9. The van der Waals surface area contributed by atoms with E-state index in [9.17, 15) is 18.5 Å². The van der Waals surface area contributed by atoms with Gasteiger partial charge in [-0.3, -0.25) is 10.1 Å². The van der Waals surface area contributed by atoms with Crippen molar-refractivity contribution in [2.75, 3.05) is 25.7 Å². The van der Waals surface area contributed by atoms with Gasteiger partial charge in [0.05, 0.1) is 15.5 Å². The number of rotatable bonds is 5. The van der Waals surface area contributed by atoms with Gasteiger partial charge in [-0.05, 0) is 39.4 Å². The molecule has 1 aromatic carbocycles. The maximum atomic E-state index is 11.9. The molecule has 0 aliphatic heterocycles. The zero-order valence-electron chi connectivity index (χ0n) is 12.9. The van der Waals surface area contributed by atoms with Crippen LogP contribution in [-0.4, -0.2) is 50.7 Å². The monoisotopic (exact) mass is 327 g/mol. The minimum atomic E-state index is -3.55. The van der Waals surface area contributed by atoms with Crippen molar-refractivity contribution in [1.29, 1.82) is 0 Å². The van der Waals surface area contributed by atoms with Gasteiger partial charge in [-0.2, -0.15) is 0 Å². The van der Waals surface area contributed by atoms with Crippen LogP contribution in [-0.2, 0) is 9.84 Å². The Hall–Kier alpha value is -1.67. The summed E-state index contributed by atoms with van der Waals surface area (Å²) >= 11 is 0. The van der Waals surface area contributed by atoms with Crippen molar-refractivity contribution in [2.24, 2.45) is 0 Å². The quantitative estimate of drug-likeness (QED) is 0.656. The van der Waals surface area contributed by atoms with Crippen molar-refractivity contribution >= 4 is 21.2 Å². The van der Waals surface area contributed by atoms with Crippen LogP contribution in [0.3, 0.4) is 0 Å². The van der Waals surface area contributed by atoms with Gasteiger partial charge in [0, 0.05) is 30.5 Å². The fourth-order valence-corrected chi connectivity index (χ4v) is 3.84. The lowest BCUT2D eigenvalue weighted by Gasteiger charge is -2.28. The van der Waals surface area contributed by atoms with E-state index in [1.807, 2.05) is 14.1 Å². The molecule has 1 saturated carbocycles. The number of likely N-dealkylation sites (N-methyl/N-ethyl adjacent to an activating group) is 1. The first-order chi connectivity index (χ1) is 10.2. The first-order valence-electron chi connectivity index (χ1n) is 7.11. The van der Waals surface area contributed by atoms with E-state index in [-0.39, 0.29) is 16.6 Å². The number of nitro groups is 1. The van der Waals surface area contributed by atoms with Crippen molar-refractivity contribution in [3.63, 3.8) is 0 Å². The van der Waals surface area contributed by atoms with Gasteiger partial charge in [-0.1, -0.05) is 0 Å².